The van der Waals surface area contributed by atoms with Crippen molar-refractivity contribution >= 4 is 15.7 Å². The number of sulfonamides is 1. The topological polar surface area (TPSA) is 46.2 Å². The van der Waals surface area contributed by atoms with Crippen LogP contribution in [0.4, 0.5) is 5.69 Å². The molecule has 3 nitrogen and oxygen atoms in total. The number of rotatable bonds is 4. The second-order valence-corrected chi connectivity index (χ2v) is 5.88. The van der Waals surface area contributed by atoms with Crippen molar-refractivity contribution in [2.45, 2.75) is 12.7 Å². The van der Waals surface area contributed by atoms with E-state index in [0.717, 1.165) is 11.1 Å². The van der Waals surface area contributed by atoms with Gasteiger partial charge in [-0.1, -0.05) is 42.5 Å². The molecule has 18 heavy (non-hydrogen) atoms. The standard InChI is InChI=1S/C14H15NO2S/c1-12-7-5-6-8-13(12)11-18(16,17)15-14-9-3-2-4-10-14/h2-10,15H,11H2,1H3. The molecule has 2 aromatic rings. The van der Waals surface area contributed by atoms with Crippen LogP contribution in [0.2, 0.25) is 0 Å². The third-order valence-electron chi connectivity index (χ3n) is 2.65. The van der Waals surface area contributed by atoms with E-state index in [1.54, 1.807) is 24.3 Å². The van der Waals surface area contributed by atoms with Gasteiger partial charge in [-0.3, -0.25) is 4.72 Å². The molecule has 0 saturated carbocycles. The van der Waals surface area contributed by atoms with Gasteiger partial charge < -0.3 is 0 Å². The Morgan fingerprint density at radius 2 is 1.56 bits per heavy atom. The summed E-state index contributed by atoms with van der Waals surface area (Å²) in [6, 6.07) is 16.4. The van der Waals surface area contributed by atoms with Gasteiger partial charge in [0.05, 0.1) is 5.75 Å². The van der Waals surface area contributed by atoms with Crippen LogP contribution in [0.5, 0.6) is 0 Å². The van der Waals surface area contributed by atoms with Crippen LogP contribution in [0.25, 0.3) is 0 Å². The van der Waals surface area contributed by atoms with Crippen molar-refractivity contribution in [1.29, 1.82) is 0 Å². The molecule has 4 heteroatoms. The van der Waals surface area contributed by atoms with Gasteiger partial charge in [-0.2, -0.15) is 0 Å². The van der Waals surface area contributed by atoms with Gasteiger partial charge in [0.2, 0.25) is 10.0 Å². The zero-order valence-electron chi connectivity index (χ0n) is 10.1. The van der Waals surface area contributed by atoms with Crippen LogP contribution in [0, 0.1) is 6.92 Å². The molecule has 0 heterocycles. The largest absolute Gasteiger partial charge is 0.283 e. The van der Waals surface area contributed by atoms with Gasteiger partial charge in [0, 0.05) is 5.69 Å². The number of nitrogens with one attached hydrogen (secondary N) is 1. The fourth-order valence-electron chi connectivity index (χ4n) is 1.70. The molecule has 2 aromatic carbocycles. The summed E-state index contributed by atoms with van der Waals surface area (Å²) >= 11 is 0. The summed E-state index contributed by atoms with van der Waals surface area (Å²) in [5, 5.41) is 0. The zero-order chi connectivity index (χ0) is 13.0. The molecule has 2 rings (SSSR count). The first kappa shape index (κ1) is 12.6. The lowest BCUT2D eigenvalue weighted by Crippen LogP contribution is -2.15. The van der Waals surface area contributed by atoms with Gasteiger partial charge in [-0.15, -0.1) is 0 Å². The lowest BCUT2D eigenvalue weighted by molar-refractivity contribution is 0.600. The van der Waals surface area contributed by atoms with Crippen molar-refractivity contribution in [2.75, 3.05) is 4.72 Å². The molecule has 0 aliphatic carbocycles. The van der Waals surface area contributed by atoms with Gasteiger partial charge in [-0.25, -0.2) is 8.42 Å². The van der Waals surface area contributed by atoms with Crippen LogP contribution in [0.3, 0.4) is 0 Å². The Balaban J connectivity index is 2.16. The number of aryl methyl sites for hydroxylation is 1. The van der Waals surface area contributed by atoms with E-state index in [9.17, 15) is 8.42 Å². The normalized spacial score (nSPS) is 11.2. The summed E-state index contributed by atoms with van der Waals surface area (Å²) in [5.41, 5.74) is 2.39. The highest BCUT2D eigenvalue weighted by Crippen LogP contribution is 2.14. The molecule has 0 fully saturated rings. The van der Waals surface area contributed by atoms with E-state index in [0.29, 0.717) is 5.69 Å². The lowest BCUT2D eigenvalue weighted by Gasteiger charge is -2.09. The zero-order valence-corrected chi connectivity index (χ0v) is 10.9. The molecule has 0 radical (unpaired) electrons. The fraction of sp³-hybridized carbons (Fsp3) is 0.143. The summed E-state index contributed by atoms with van der Waals surface area (Å²) < 4.78 is 26.6. The summed E-state index contributed by atoms with van der Waals surface area (Å²) in [6.45, 7) is 1.91. The molecule has 0 atom stereocenters. The van der Waals surface area contributed by atoms with Crippen molar-refractivity contribution < 1.29 is 8.42 Å². The molecular weight excluding hydrogens is 246 g/mol. The molecular formula is C14H15NO2S. The molecule has 0 unspecified atom stereocenters. The van der Waals surface area contributed by atoms with Gasteiger partial charge >= 0.3 is 0 Å². The first-order valence-corrected chi connectivity index (χ1v) is 7.32. The predicted molar refractivity (Wildman–Crippen MR) is 73.9 cm³/mol. The number of para-hydroxylation sites is 1. The Bertz CT molecular complexity index is 621. The third kappa shape index (κ3) is 3.34. The number of hydrogen-bond donors (Lipinski definition) is 1. The molecule has 0 spiro atoms. The van der Waals surface area contributed by atoms with Crippen LogP contribution < -0.4 is 4.72 Å². The third-order valence-corrected chi connectivity index (χ3v) is 3.89. The van der Waals surface area contributed by atoms with E-state index < -0.39 is 10.0 Å². The number of anilines is 1. The molecule has 0 bridgehead atoms. The molecule has 94 valence electrons. The Morgan fingerprint density at radius 3 is 2.22 bits per heavy atom. The summed E-state index contributed by atoms with van der Waals surface area (Å²) in [5.74, 6) is -0.00539. The summed E-state index contributed by atoms with van der Waals surface area (Å²) in [6.07, 6.45) is 0. The van der Waals surface area contributed by atoms with Gasteiger partial charge in [-0.05, 0) is 30.2 Å². The minimum absolute atomic E-state index is 0.00539. The van der Waals surface area contributed by atoms with E-state index >= 15 is 0 Å². The Hall–Kier alpha value is -1.81. The van der Waals surface area contributed by atoms with E-state index in [1.165, 1.54) is 0 Å². The van der Waals surface area contributed by atoms with Crippen LogP contribution in [0.1, 0.15) is 11.1 Å². The SMILES string of the molecule is Cc1ccccc1CS(=O)(=O)Nc1ccccc1. The van der Waals surface area contributed by atoms with E-state index in [2.05, 4.69) is 4.72 Å². The molecule has 0 aromatic heterocycles. The molecule has 0 aliphatic heterocycles. The van der Waals surface area contributed by atoms with Crippen molar-refractivity contribution in [1.82, 2.24) is 0 Å². The minimum Gasteiger partial charge on any atom is -0.283 e. The van der Waals surface area contributed by atoms with Crippen LogP contribution in [0.15, 0.2) is 54.6 Å². The second-order valence-electron chi connectivity index (χ2n) is 4.15. The van der Waals surface area contributed by atoms with Crippen LogP contribution in [-0.4, -0.2) is 8.42 Å². The van der Waals surface area contributed by atoms with Gasteiger partial charge in [0.25, 0.3) is 0 Å². The predicted octanol–water partition coefficient (Wildman–Crippen LogP) is 2.94. The second kappa shape index (κ2) is 5.23. The van der Waals surface area contributed by atoms with Crippen molar-refractivity contribution in [3.63, 3.8) is 0 Å². The molecule has 0 amide bonds. The summed E-state index contributed by atoms with van der Waals surface area (Å²) in [7, 11) is -3.36. The smallest absolute Gasteiger partial charge is 0.236 e. The Morgan fingerprint density at radius 1 is 0.944 bits per heavy atom. The summed E-state index contributed by atoms with van der Waals surface area (Å²) in [4.78, 5) is 0. The number of hydrogen-bond acceptors (Lipinski definition) is 2. The molecule has 0 saturated heterocycles. The van der Waals surface area contributed by atoms with E-state index in [-0.39, 0.29) is 5.75 Å². The van der Waals surface area contributed by atoms with Gasteiger partial charge in [0.1, 0.15) is 0 Å². The van der Waals surface area contributed by atoms with Crippen LogP contribution in [-0.2, 0) is 15.8 Å². The first-order valence-electron chi connectivity index (χ1n) is 5.67. The lowest BCUT2D eigenvalue weighted by atomic mass is 10.1. The minimum atomic E-state index is -3.36. The average Bonchev–Trinajstić information content (AvgIpc) is 2.32. The fourth-order valence-corrected chi connectivity index (χ4v) is 3.00. The van der Waals surface area contributed by atoms with Crippen molar-refractivity contribution in [2.24, 2.45) is 0 Å². The average molecular weight is 261 g/mol. The van der Waals surface area contributed by atoms with Gasteiger partial charge in [0.15, 0.2) is 0 Å². The van der Waals surface area contributed by atoms with E-state index in [1.807, 2.05) is 37.3 Å². The maximum atomic E-state index is 12.0. The highest BCUT2D eigenvalue weighted by Gasteiger charge is 2.12. The Labute approximate surface area is 108 Å². The highest BCUT2D eigenvalue weighted by molar-refractivity contribution is 7.91. The molecule has 1 N–H and O–H groups in total. The van der Waals surface area contributed by atoms with Crippen LogP contribution >= 0.6 is 0 Å². The monoisotopic (exact) mass is 261 g/mol. The first-order chi connectivity index (χ1) is 8.57. The maximum absolute atomic E-state index is 12.0. The maximum Gasteiger partial charge on any atom is 0.236 e. The van der Waals surface area contributed by atoms with Crippen molar-refractivity contribution in [3.05, 3.63) is 65.7 Å². The quantitative estimate of drug-likeness (QED) is 0.919. The molecule has 0 aliphatic rings. The Kier molecular flexibility index (Phi) is 3.67. The highest BCUT2D eigenvalue weighted by atomic mass is 32.2. The van der Waals surface area contributed by atoms with Crippen molar-refractivity contribution in [3.8, 4) is 0 Å². The van der Waals surface area contributed by atoms with E-state index in [4.69, 9.17) is 0 Å². The number of benzene rings is 2.